The number of hydrogen-bond acceptors (Lipinski definition) is 2. The van der Waals surface area contributed by atoms with E-state index in [1.165, 1.54) is 22.3 Å². The van der Waals surface area contributed by atoms with Crippen molar-refractivity contribution in [3.63, 3.8) is 0 Å². The molecular weight excluding hydrogens is 234 g/mol. The molecule has 0 radical (unpaired) electrons. The molecule has 2 rings (SSSR count). The molecule has 3 nitrogen and oxygen atoms in total. The second-order valence-electron chi connectivity index (χ2n) is 5.20. The summed E-state index contributed by atoms with van der Waals surface area (Å²) in [7, 11) is 1.96. The molecule has 0 bridgehead atoms. The van der Waals surface area contributed by atoms with Crippen LogP contribution < -0.4 is 5.32 Å². The third-order valence-electron chi connectivity index (χ3n) is 3.45. The second-order valence-corrected chi connectivity index (χ2v) is 5.20. The first-order valence-corrected chi connectivity index (χ1v) is 6.88. The summed E-state index contributed by atoms with van der Waals surface area (Å²) < 4.78 is 1.86. The number of nitrogens with zero attached hydrogens (tertiary/aromatic N) is 2. The average molecular weight is 257 g/mol. The normalized spacial score (nSPS) is 12.6. The Labute approximate surface area is 115 Å². The van der Waals surface area contributed by atoms with Crippen molar-refractivity contribution < 1.29 is 0 Å². The molecular formula is C16H23N3. The van der Waals surface area contributed by atoms with Crippen LogP contribution in [0, 0.1) is 13.8 Å². The van der Waals surface area contributed by atoms with Crippen molar-refractivity contribution in [2.24, 2.45) is 7.05 Å². The third kappa shape index (κ3) is 3.44. The number of likely N-dealkylation sites (N-methyl/N-ethyl adjacent to an activating group) is 1. The second kappa shape index (κ2) is 6.02. The fourth-order valence-corrected chi connectivity index (χ4v) is 2.57. The maximum atomic E-state index is 4.25. The molecule has 0 amide bonds. The first-order chi connectivity index (χ1) is 9.10. The number of aryl methyl sites for hydroxylation is 3. The lowest BCUT2D eigenvalue weighted by molar-refractivity contribution is 0.547. The molecule has 0 saturated carbocycles. The Morgan fingerprint density at radius 3 is 2.68 bits per heavy atom. The quantitative estimate of drug-likeness (QED) is 0.892. The highest BCUT2D eigenvalue weighted by molar-refractivity contribution is 5.33. The van der Waals surface area contributed by atoms with Crippen molar-refractivity contribution in [2.45, 2.75) is 33.2 Å². The van der Waals surface area contributed by atoms with Crippen molar-refractivity contribution in [1.29, 1.82) is 0 Å². The summed E-state index contributed by atoms with van der Waals surface area (Å²) in [5.74, 6) is 0. The van der Waals surface area contributed by atoms with E-state index in [1.807, 2.05) is 17.9 Å². The number of nitrogens with one attached hydrogen (secondary N) is 1. The van der Waals surface area contributed by atoms with Gasteiger partial charge in [0.1, 0.15) is 0 Å². The first-order valence-electron chi connectivity index (χ1n) is 6.88. The van der Waals surface area contributed by atoms with Crippen LogP contribution in [-0.2, 0) is 13.5 Å². The Morgan fingerprint density at radius 1 is 1.32 bits per heavy atom. The van der Waals surface area contributed by atoms with Gasteiger partial charge in [0.2, 0.25) is 0 Å². The van der Waals surface area contributed by atoms with Crippen LogP contribution in [0.15, 0.2) is 30.6 Å². The van der Waals surface area contributed by atoms with Gasteiger partial charge in [-0.3, -0.25) is 4.68 Å². The van der Waals surface area contributed by atoms with Gasteiger partial charge >= 0.3 is 0 Å². The van der Waals surface area contributed by atoms with Crippen molar-refractivity contribution >= 4 is 0 Å². The molecule has 1 atom stereocenters. The molecule has 3 heteroatoms. The van der Waals surface area contributed by atoms with Gasteiger partial charge in [-0.25, -0.2) is 0 Å². The molecule has 0 fully saturated rings. The first kappa shape index (κ1) is 13.8. The Bertz CT molecular complexity index is 543. The highest BCUT2D eigenvalue weighted by atomic mass is 15.2. The minimum absolute atomic E-state index is 0.356. The molecule has 102 valence electrons. The SMILES string of the molecule is CCNC(Cc1cnn(C)c1)c1ccc(C)cc1C. The molecule has 0 spiro atoms. The van der Waals surface area contributed by atoms with E-state index in [0.29, 0.717) is 6.04 Å². The Hall–Kier alpha value is -1.61. The van der Waals surface area contributed by atoms with Gasteiger partial charge in [0.25, 0.3) is 0 Å². The Balaban J connectivity index is 2.23. The van der Waals surface area contributed by atoms with E-state index in [2.05, 4.69) is 55.6 Å². The summed E-state index contributed by atoms with van der Waals surface area (Å²) in [5.41, 5.74) is 5.33. The molecule has 0 aliphatic carbocycles. The van der Waals surface area contributed by atoms with Crippen molar-refractivity contribution in [3.05, 3.63) is 52.8 Å². The summed E-state index contributed by atoms with van der Waals surface area (Å²) in [6.45, 7) is 7.45. The zero-order valence-corrected chi connectivity index (χ0v) is 12.3. The highest BCUT2D eigenvalue weighted by Crippen LogP contribution is 2.22. The fourth-order valence-electron chi connectivity index (χ4n) is 2.57. The standard InChI is InChI=1S/C16H23N3/c1-5-17-16(9-14-10-18-19(4)11-14)15-7-6-12(2)8-13(15)3/h6-8,10-11,16-17H,5,9H2,1-4H3. The van der Waals surface area contributed by atoms with E-state index >= 15 is 0 Å². The van der Waals surface area contributed by atoms with E-state index in [-0.39, 0.29) is 0 Å². The smallest absolute Gasteiger partial charge is 0.0522 e. The molecule has 19 heavy (non-hydrogen) atoms. The van der Waals surface area contributed by atoms with Crippen LogP contribution in [0.4, 0.5) is 0 Å². The molecule has 0 aliphatic heterocycles. The minimum Gasteiger partial charge on any atom is -0.310 e. The fraction of sp³-hybridized carbons (Fsp3) is 0.438. The number of hydrogen-bond donors (Lipinski definition) is 1. The summed E-state index contributed by atoms with van der Waals surface area (Å²) in [5, 5.41) is 7.83. The number of benzene rings is 1. The van der Waals surface area contributed by atoms with Crippen LogP contribution >= 0.6 is 0 Å². The van der Waals surface area contributed by atoms with E-state index in [0.717, 1.165) is 13.0 Å². The molecule has 1 aromatic heterocycles. The van der Waals surface area contributed by atoms with Crippen LogP contribution in [0.3, 0.4) is 0 Å². The van der Waals surface area contributed by atoms with Gasteiger partial charge in [-0.2, -0.15) is 5.10 Å². The summed E-state index contributed by atoms with van der Waals surface area (Å²) in [4.78, 5) is 0. The zero-order chi connectivity index (χ0) is 13.8. The average Bonchev–Trinajstić information content (AvgIpc) is 2.74. The number of aromatic nitrogens is 2. The molecule has 1 unspecified atom stereocenters. The van der Waals surface area contributed by atoms with Crippen molar-refractivity contribution in [1.82, 2.24) is 15.1 Å². The molecule has 0 saturated heterocycles. The van der Waals surface area contributed by atoms with Gasteiger partial charge < -0.3 is 5.32 Å². The van der Waals surface area contributed by atoms with Crippen LogP contribution in [-0.4, -0.2) is 16.3 Å². The monoisotopic (exact) mass is 257 g/mol. The highest BCUT2D eigenvalue weighted by Gasteiger charge is 2.14. The van der Waals surface area contributed by atoms with Gasteiger partial charge in [-0.15, -0.1) is 0 Å². The molecule has 2 aromatic rings. The van der Waals surface area contributed by atoms with Crippen molar-refractivity contribution in [2.75, 3.05) is 6.54 Å². The van der Waals surface area contributed by atoms with E-state index in [4.69, 9.17) is 0 Å². The summed E-state index contributed by atoms with van der Waals surface area (Å²) >= 11 is 0. The van der Waals surface area contributed by atoms with E-state index in [1.54, 1.807) is 0 Å². The Kier molecular flexibility index (Phi) is 4.38. The van der Waals surface area contributed by atoms with Gasteiger partial charge in [-0.05, 0) is 43.5 Å². The zero-order valence-electron chi connectivity index (χ0n) is 12.3. The van der Waals surface area contributed by atoms with Crippen LogP contribution in [0.25, 0.3) is 0 Å². The van der Waals surface area contributed by atoms with E-state index < -0.39 is 0 Å². The lowest BCUT2D eigenvalue weighted by atomic mass is 9.95. The van der Waals surface area contributed by atoms with Gasteiger partial charge in [-0.1, -0.05) is 30.7 Å². The predicted molar refractivity (Wildman–Crippen MR) is 79.2 cm³/mol. The third-order valence-corrected chi connectivity index (χ3v) is 3.45. The summed E-state index contributed by atoms with van der Waals surface area (Å²) in [6.07, 6.45) is 5.02. The van der Waals surface area contributed by atoms with Crippen LogP contribution in [0.5, 0.6) is 0 Å². The largest absolute Gasteiger partial charge is 0.310 e. The van der Waals surface area contributed by atoms with Gasteiger partial charge in [0.05, 0.1) is 6.20 Å². The lowest BCUT2D eigenvalue weighted by Crippen LogP contribution is -2.23. The van der Waals surface area contributed by atoms with E-state index in [9.17, 15) is 0 Å². The Morgan fingerprint density at radius 2 is 2.11 bits per heavy atom. The van der Waals surface area contributed by atoms with Crippen LogP contribution in [0.2, 0.25) is 0 Å². The van der Waals surface area contributed by atoms with Crippen LogP contribution in [0.1, 0.15) is 35.2 Å². The molecule has 1 aromatic carbocycles. The molecule has 1 heterocycles. The number of rotatable bonds is 5. The van der Waals surface area contributed by atoms with Crippen molar-refractivity contribution in [3.8, 4) is 0 Å². The maximum Gasteiger partial charge on any atom is 0.0522 e. The minimum atomic E-state index is 0.356. The van der Waals surface area contributed by atoms with Gasteiger partial charge in [0.15, 0.2) is 0 Å². The molecule has 1 N–H and O–H groups in total. The topological polar surface area (TPSA) is 29.9 Å². The predicted octanol–water partition coefficient (Wildman–Crippen LogP) is 2.93. The lowest BCUT2D eigenvalue weighted by Gasteiger charge is -2.20. The molecule has 0 aliphatic rings. The van der Waals surface area contributed by atoms with Gasteiger partial charge in [0, 0.05) is 19.3 Å². The maximum absolute atomic E-state index is 4.25. The summed E-state index contributed by atoms with van der Waals surface area (Å²) in [6, 6.07) is 7.04.